The molecule has 0 aromatic rings. The Morgan fingerprint density at radius 2 is 1.59 bits per heavy atom. The zero-order chi connectivity index (χ0) is 16.2. The lowest BCUT2D eigenvalue weighted by atomic mass is 9.97. The molecule has 0 aromatic heterocycles. The first-order chi connectivity index (χ1) is 10.4. The summed E-state index contributed by atoms with van der Waals surface area (Å²) in [6.45, 7) is 11.7. The molecule has 0 bridgehead atoms. The van der Waals surface area contributed by atoms with E-state index in [-0.39, 0.29) is 6.54 Å². The highest BCUT2D eigenvalue weighted by molar-refractivity contribution is 4.79. The van der Waals surface area contributed by atoms with Gasteiger partial charge in [0.15, 0.2) is 0 Å². The zero-order valence-electron chi connectivity index (χ0n) is 13.9. The second kappa shape index (κ2) is 7.97. The van der Waals surface area contributed by atoms with Crippen molar-refractivity contribution in [3.63, 3.8) is 0 Å². The van der Waals surface area contributed by atoms with Crippen LogP contribution in [-0.2, 0) is 0 Å². The van der Waals surface area contributed by atoms with Gasteiger partial charge in [0, 0.05) is 38.8 Å². The van der Waals surface area contributed by atoms with E-state index in [2.05, 4.69) is 23.6 Å². The monoisotopic (exact) mass is 321 g/mol. The molecule has 0 spiro atoms. The summed E-state index contributed by atoms with van der Waals surface area (Å²) in [6.07, 6.45) is -2.06. The van der Waals surface area contributed by atoms with Gasteiger partial charge in [0.05, 0.1) is 5.92 Å². The van der Waals surface area contributed by atoms with Gasteiger partial charge in [-0.2, -0.15) is 13.2 Å². The highest BCUT2D eigenvalue weighted by Crippen LogP contribution is 2.33. The fraction of sp³-hybridized carbons (Fsp3) is 1.00. The molecule has 2 saturated heterocycles. The third kappa shape index (κ3) is 5.39. The van der Waals surface area contributed by atoms with Gasteiger partial charge in [-0.05, 0) is 52.7 Å². The fourth-order valence-electron chi connectivity index (χ4n) is 3.55. The molecule has 0 N–H and O–H groups in total. The van der Waals surface area contributed by atoms with Crippen LogP contribution >= 0.6 is 0 Å². The van der Waals surface area contributed by atoms with Crippen molar-refractivity contribution in [1.82, 2.24) is 14.7 Å². The molecule has 0 aromatic carbocycles. The number of hydrogen-bond acceptors (Lipinski definition) is 3. The largest absolute Gasteiger partial charge is 0.393 e. The van der Waals surface area contributed by atoms with Crippen molar-refractivity contribution in [1.29, 1.82) is 0 Å². The van der Waals surface area contributed by atoms with Crippen molar-refractivity contribution < 1.29 is 13.2 Å². The molecule has 22 heavy (non-hydrogen) atoms. The number of piperazine rings is 1. The third-order valence-corrected chi connectivity index (χ3v) is 5.05. The van der Waals surface area contributed by atoms with Gasteiger partial charge >= 0.3 is 6.18 Å². The van der Waals surface area contributed by atoms with E-state index < -0.39 is 12.1 Å². The van der Waals surface area contributed by atoms with E-state index >= 15 is 0 Å². The molecule has 6 heteroatoms. The summed E-state index contributed by atoms with van der Waals surface area (Å²) >= 11 is 0. The molecular formula is C16H30F3N3. The number of nitrogens with zero attached hydrogens (tertiary/aromatic N) is 3. The van der Waals surface area contributed by atoms with Gasteiger partial charge in [0.2, 0.25) is 0 Å². The molecule has 2 fully saturated rings. The van der Waals surface area contributed by atoms with Crippen LogP contribution in [-0.4, -0.2) is 79.3 Å². The summed E-state index contributed by atoms with van der Waals surface area (Å²) in [6, 6.07) is 0.606. The lowest BCUT2D eigenvalue weighted by Crippen LogP contribution is -2.49. The Morgan fingerprint density at radius 1 is 0.955 bits per heavy atom. The lowest BCUT2D eigenvalue weighted by Gasteiger charge is -2.37. The molecule has 0 amide bonds. The van der Waals surface area contributed by atoms with Gasteiger partial charge in [-0.3, -0.25) is 4.90 Å². The van der Waals surface area contributed by atoms with Gasteiger partial charge in [-0.1, -0.05) is 0 Å². The number of hydrogen-bond donors (Lipinski definition) is 0. The Hall–Kier alpha value is -0.330. The Bertz CT molecular complexity index is 325. The molecule has 0 radical (unpaired) electrons. The molecule has 3 nitrogen and oxygen atoms in total. The maximum absolute atomic E-state index is 12.8. The summed E-state index contributed by atoms with van der Waals surface area (Å²) in [5, 5.41) is 0. The van der Waals surface area contributed by atoms with Crippen LogP contribution in [0.4, 0.5) is 13.2 Å². The standard InChI is InChI=1S/C16H30F3N3/c1-14(2)22-11-9-20(10-12-22)7-4-8-21-6-3-5-15(13-21)16(17,18)19/h14-15H,3-13H2,1-2H3/t15-/m0/s1. The van der Waals surface area contributed by atoms with Crippen molar-refractivity contribution in [3.05, 3.63) is 0 Å². The molecule has 130 valence electrons. The molecule has 1 atom stereocenters. The highest BCUT2D eigenvalue weighted by Gasteiger charge is 2.41. The SMILES string of the molecule is CC(C)N1CCN(CCCN2CCC[C@H](C(F)(F)F)C2)CC1. The zero-order valence-corrected chi connectivity index (χ0v) is 13.9. The predicted molar refractivity (Wildman–Crippen MR) is 83.0 cm³/mol. The average molecular weight is 321 g/mol. The van der Waals surface area contributed by atoms with Crippen molar-refractivity contribution in [2.24, 2.45) is 5.92 Å². The quantitative estimate of drug-likeness (QED) is 0.771. The minimum Gasteiger partial charge on any atom is -0.303 e. The Balaban J connectivity index is 1.63. The average Bonchev–Trinajstić information content (AvgIpc) is 2.47. The fourth-order valence-corrected chi connectivity index (χ4v) is 3.55. The van der Waals surface area contributed by atoms with Crippen molar-refractivity contribution >= 4 is 0 Å². The Labute approximate surface area is 132 Å². The molecule has 0 saturated carbocycles. The number of rotatable bonds is 5. The Kier molecular flexibility index (Phi) is 6.53. The first kappa shape index (κ1) is 18.0. The summed E-state index contributed by atoms with van der Waals surface area (Å²) in [4.78, 5) is 6.94. The van der Waals surface area contributed by atoms with Gasteiger partial charge in [0.1, 0.15) is 0 Å². The summed E-state index contributed by atoms with van der Waals surface area (Å²) in [5.41, 5.74) is 0. The molecule has 2 rings (SSSR count). The Morgan fingerprint density at radius 3 is 2.18 bits per heavy atom. The van der Waals surface area contributed by atoms with Crippen LogP contribution in [0.1, 0.15) is 33.1 Å². The number of likely N-dealkylation sites (tertiary alicyclic amines) is 1. The van der Waals surface area contributed by atoms with E-state index in [9.17, 15) is 13.2 Å². The van der Waals surface area contributed by atoms with Gasteiger partial charge in [-0.25, -0.2) is 0 Å². The second-order valence-electron chi connectivity index (χ2n) is 7.01. The third-order valence-electron chi connectivity index (χ3n) is 5.05. The summed E-state index contributed by atoms with van der Waals surface area (Å²) in [5.74, 6) is -1.11. The van der Waals surface area contributed by atoms with Gasteiger partial charge in [-0.15, -0.1) is 0 Å². The van der Waals surface area contributed by atoms with Crippen LogP contribution in [0.3, 0.4) is 0 Å². The summed E-state index contributed by atoms with van der Waals surface area (Å²) < 4.78 is 38.4. The molecule has 0 aliphatic carbocycles. The predicted octanol–water partition coefficient (Wildman–Crippen LogP) is 2.68. The second-order valence-corrected chi connectivity index (χ2v) is 7.01. The van der Waals surface area contributed by atoms with Gasteiger partial charge < -0.3 is 9.80 Å². The van der Waals surface area contributed by atoms with Crippen LogP contribution in [0.15, 0.2) is 0 Å². The minimum absolute atomic E-state index is 0.199. The van der Waals surface area contributed by atoms with Gasteiger partial charge in [0.25, 0.3) is 0 Å². The van der Waals surface area contributed by atoms with Crippen LogP contribution in [0, 0.1) is 5.92 Å². The molecule has 2 aliphatic rings. The van der Waals surface area contributed by atoms with E-state index in [0.29, 0.717) is 18.9 Å². The number of halogens is 3. The lowest BCUT2D eigenvalue weighted by molar-refractivity contribution is -0.186. The van der Waals surface area contributed by atoms with E-state index in [1.165, 1.54) is 0 Å². The summed E-state index contributed by atoms with van der Waals surface area (Å²) in [7, 11) is 0. The van der Waals surface area contributed by atoms with E-state index in [4.69, 9.17) is 0 Å². The molecule has 2 aliphatic heterocycles. The maximum atomic E-state index is 12.8. The molecule has 2 heterocycles. The molecule has 0 unspecified atom stereocenters. The van der Waals surface area contributed by atoms with Crippen LogP contribution < -0.4 is 0 Å². The van der Waals surface area contributed by atoms with E-state index in [1.807, 2.05) is 4.90 Å². The van der Waals surface area contributed by atoms with E-state index in [1.54, 1.807) is 0 Å². The number of piperidine rings is 1. The molecular weight excluding hydrogens is 291 g/mol. The smallest absolute Gasteiger partial charge is 0.303 e. The van der Waals surface area contributed by atoms with Crippen molar-refractivity contribution in [2.75, 3.05) is 52.4 Å². The van der Waals surface area contributed by atoms with E-state index in [0.717, 1.165) is 52.2 Å². The van der Waals surface area contributed by atoms with Crippen LogP contribution in [0.25, 0.3) is 0 Å². The van der Waals surface area contributed by atoms with Crippen LogP contribution in [0.5, 0.6) is 0 Å². The number of alkyl halides is 3. The first-order valence-electron chi connectivity index (χ1n) is 8.61. The van der Waals surface area contributed by atoms with Crippen molar-refractivity contribution in [2.45, 2.75) is 45.3 Å². The topological polar surface area (TPSA) is 9.72 Å². The van der Waals surface area contributed by atoms with Crippen LogP contribution in [0.2, 0.25) is 0 Å². The first-order valence-corrected chi connectivity index (χ1v) is 8.61. The maximum Gasteiger partial charge on any atom is 0.393 e. The minimum atomic E-state index is -4.02. The normalized spacial score (nSPS) is 26.7. The van der Waals surface area contributed by atoms with Crippen molar-refractivity contribution in [3.8, 4) is 0 Å². The highest BCUT2D eigenvalue weighted by atomic mass is 19.4.